The van der Waals surface area contributed by atoms with E-state index in [0.29, 0.717) is 0 Å². The van der Waals surface area contributed by atoms with Gasteiger partial charge in [-0.1, -0.05) is 35.4 Å². The standard InChI is InChI=1S/C10H12Cl2O/c11-10(12)8-6-4-2-1-3-5-7(8)9(10)13/h1-2,7-8H,3-6H2/t7-,8+/m1/s1. The molecule has 72 valence electrons. The Hall–Kier alpha value is -0.0100. The highest BCUT2D eigenvalue weighted by Crippen LogP contribution is 2.53. The van der Waals surface area contributed by atoms with Crippen molar-refractivity contribution >= 4 is 29.0 Å². The van der Waals surface area contributed by atoms with Crippen LogP contribution >= 0.6 is 23.2 Å². The molecule has 0 N–H and O–H groups in total. The van der Waals surface area contributed by atoms with Gasteiger partial charge in [0.05, 0.1) is 0 Å². The van der Waals surface area contributed by atoms with E-state index in [1.807, 2.05) is 0 Å². The Morgan fingerprint density at radius 2 is 1.85 bits per heavy atom. The Balaban J connectivity index is 2.13. The number of rotatable bonds is 0. The third-order valence-electron chi connectivity index (χ3n) is 3.07. The average Bonchev–Trinajstić information content (AvgIpc) is 2.03. The minimum absolute atomic E-state index is 0.0381. The minimum Gasteiger partial charge on any atom is -0.296 e. The zero-order valence-corrected chi connectivity index (χ0v) is 8.81. The van der Waals surface area contributed by atoms with Crippen molar-refractivity contribution in [2.45, 2.75) is 30.0 Å². The maximum Gasteiger partial charge on any atom is 0.179 e. The molecular weight excluding hydrogens is 207 g/mol. The SMILES string of the molecule is O=C1[C@@H]2CCC=CCC[C@@H]2C1(Cl)Cl. The molecule has 1 nitrogen and oxygen atoms in total. The van der Waals surface area contributed by atoms with Gasteiger partial charge in [0.2, 0.25) is 0 Å². The molecular formula is C10H12Cl2O. The van der Waals surface area contributed by atoms with E-state index < -0.39 is 4.33 Å². The maximum absolute atomic E-state index is 11.5. The Morgan fingerprint density at radius 1 is 1.23 bits per heavy atom. The van der Waals surface area contributed by atoms with Crippen LogP contribution in [-0.2, 0) is 4.79 Å². The monoisotopic (exact) mass is 218 g/mol. The first-order chi connectivity index (χ1) is 6.14. The number of carbonyl (C=O) groups is 1. The first kappa shape index (κ1) is 9.54. The summed E-state index contributed by atoms with van der Waals surface area (Å²) in [5, 5.41) is 0. The van der Waals surface area contributed by atoms with Crippen LogP contribution in [0.5, 0.6) is 0 Å². The lowest BCUT2D eigenvalue weighted by Crippen LogP contribution is -2.56. The van der Waals surface area contributed by atoms with Crippen LogP contribution in [0.1, 0.15) is 25.7 Å². The second kappa shape index (κ2) is 3.29. The molecule has 0 unspecified atom stereocenters. The number of ketones is 1. The fourth-order valence-electron chi connectivity index (χ4n) is 2.27. The third kappa shape index (κ3) is 1.42. The van der Waals surface area contributed by atoms with Crippen molar-refractivity contribution in [1.82, 2.24) is 0 Å². The molecule has 13 heavy (non-hydrogen) atoms. The molecule has 0 heterocycles. The smallest absolute Gasteiger partial charge is 0.179 e. The molecule has 2 aliphatic rings. The molecule has 0 amide bonds. The largest absolute Gasteiger partial charge is 0.296 e. The molecule has 0 aliphatic heterocycles. The van der Waals surface area contributed by atoms with Gasteiger partial charge < -0.3 is 0 Å². The summed E-state index contributed by atoms with van der Waals surface area (Å²) in [6.45, 7) is 0. The lowest BCUT2D eigenvalue weighted by Gasteiger charge is -2.46. The molecule has 0 aromatic rings. The number of carbonyl (C=O) groups excluding carboxylic acids is 1. The van der Waals surface area contributed by atoms with E-state index >= 15 is 0 Å². The molecule has 2 rings (SSSR count). The number of Topliss-reactive ketones (excluding diaryl/α,β-unsaturated/α-hetero) is 1. The van der Waals surface area contributed by atoms with E-state index in [0.717, 1.165) is 25.7 Å². The first-order valence-electron chi connectivity index (χ1n) is 4.71. The van der Waals surface area contributed by atoms with E-state index in [2.05, 4.69) is 12.2 Å². The summed E-state index contributed by atoms with van der Waals surface area (Å²) < 4.78 is -1.07. The number of halogens is 2. The molecule has 0 saturated heterocycles. The van der Waals surface area contributed by atoms with Crippen molar-refractivity contribution < 1.29 is 4.79 Å². The van der Waals surface area contributed by atoms with Crippen LogP contribution in [0.25, 0.3) is 0 Å². The second-order valence-electron chi connectivity index (χ2n) is 3.83. The average molecular weight is 219 g/mol. The highest BCUT2D eigenvalue weighted by Gasteiger charge is 2.59. The van der Waals surface area contributed by atoms with Gasteiger partial charge in [-0.25, -0.2) is 0 Å². The highest BCUT2D eigenvalue weighted by molar-refractivity contribution is 6.60. The zero-order valence-electron chi connectivity index (χ0n) is 7.30. The molecule has 3 heteroatoms. The summed E-state index contributed by atoms with van der Waals surface area (Å²) >= 11 is 11.9. The fraction of sp³-hybridized carbons (Fsp3) is 0.700. The molecule has 0 aromatic heterocycles. The zero-order chi connectivity index (χ0) is 9.47. The summed E-state index contributed by atoms with van der Waals surface area (Å²) in [4.78, 5) is 11.5. The maximum atomic E-state index is 11.5. The molecule has 2 atom stereocenters. The van der Waals surface area contributed by atoms with Gasteiger partial charge in [0.15, 0.2) is 10.1 Å². The number of hydrogen-bond acceptors (Lipinski definition) is 1. The van der Waals surface area contributed by atoms with Crippen LogP contribution in [0.2, 0.25) is 0 Å². The van der Waals surface area contributed by atoms with Gasteiger partial charge in [-0.15, -0.1) is 0 Å². The molecule has 0 radical (unpaired) electrons. The predicted octanol–water partition coefficient (Wildman–Crippen LogP) is 3.11. The van der Waals surface area contributed by atoms with Gasteiger partial charge in [-0.2, -0.15) is 0 Å². The molecule has 2 aliphatic carbocycles. The van der Waals surface area contributed by atoms with Crippen LogP contribution in [-0.4, -0.2) is 10.1 Å². The molecule has 1 saturated carbocycles. The normalized spacial score (nSPS) is 37.2. The van der Waals surface area contributed by atoms with Crippen molar-refractivity contribution in [2.75, 3.05) is 0 Å². The quantitative estimate of drug-likeness (QED) is 0.452. The van der Waals surface area contributed by atoms with E-state index in [-0.39, 0.29) is 17.6 Å². The lowest BCUT2D eigenvalue weighted by atomic mass is 9.66. The number of fused-ring (bicyclic) bond motifs is 1. The van der Waals surface area contributed by atoms with Crippen molar-refractivity contribution in [1.29, 1.82) is 0 Å². The van der Waals surface area contributed by atoms with E-state index in [9.17, 15) is 4.79 Å². The van der Waals surface area contributed by atoms with Crippen LogP contribution in [0.3, 0.4) is 0 Å². The van der Waals surface area contributed by atoms with Gasteiger partial charge in [-0.05, 0) is 25.7 Å². The fourth-order valence-corrected chi connectivity index (χ4v) is 3.07. The van der Waals surface area contributed by atoms with Crippen LogP contribution < -0.4 is 0 Å². The Kier molecular flexibility index (Phi) is 2.41. The highest BCUT2D eigenvalue weighted by atomic mass is 35.5. The number of alkyl halides is 2. The van der Waals surface area contributed by atoms with Gasteiger partial charge in [0.1, 0.15) is 0 Å². The Bertz CT molecular complexity index is 258. The molecule has 0 bridgehead atoms. The summed E-state index contributed by atoms with van der Waals surface area (Å²) in [5.41, 5.74) is 0. The number of hydrogen-bond donors (Lipinski definition) is 0. The van der Waals surface area contributed by atoms with Crippen LogP contribution in [0.4, 0.5) is 0 Å². The molecule has 0 aromatic carbocycles. The summed E-state index contributed by atoms with van der Waals surface area (Å²) in [7, 11) is 0. The van der Waals surface area contributed by atoms with E-state index in [4.69, 9.17) is 23.2 Å². The van der Waals surface area contributed by atoms with Crippen molar-refractivity contribution in [3.63, 3.8) is 0 Å². The van der Waals surface area contributed by atoms with Gasteiger partial charge in [-0.3, -0.25) is 4.79 Å². The third-order valence-corrected chi connectivity index (χ3v) is 4.01. The van der Waals surface area contributed by atoms with Crippen molar-refractivity contribution in [2.24, 2.45) is 11.8 Å². The Labute approximate surface area is 88.1 Å². The number of allylic oxidation sites excluding steroid dienone is 2. The lowest BCUT2D eigenvalue weighted by molar-refractivity contribution is -0.136. The first-order valence-corrected chi connectivity index (χ1v) is 5.47. The summed E-state index contributed by atoms with van der Waals surface area (Å²) in [6, 6.07) is 0. The van der Waals surface area contributed by atoms with Crippen LogP contribution in [0, 0.1) is 11.8 Å². The van der Waals surface area contributed by atoms with Gasteiger partial charge >= 0.3 is 0 Å². The predicted molar refractivity (Wildman–Crippen MR) is 54.0 cm³/mol. The minimum atomic E-state index is -1.07. The van der Waals surface area contributed by atoms with Gasteiger partial charge in [0.25, 0.3) is 0 Å². The Morgan fingerprint density at radius 3 is 2.54 bits per heavy atom. The van der Waals surface area contributed by atoms with Gasteiger partial charge in [0, 0.05) is 11.8 Å². The van der Waals surface area contributed by atoms with Crippen molar-refractivity contribution in [3.8, 4) is 0 Å². The summed E-state index contributed by atoms with van der Waals surface area (Å²) in [5.74, 6) is 0.351. The van der Waals surface area contributed by atoms with E-state index in [1.54, 1.807) is 0 Å². The van der Waals surface area contributed by atoms with Crippen LogP contribution in [0.15, 0.2) is 12.2 Å². The van der Waals surface area contributed by atoms with Crippen molar-refractivity contribution in [3.05, 3.63) is 12.2 Å². The van der Waals surface area contributed by atoms with E-state index in [1.165, 1.54) is 0 Å². The summed E-state index contributed by atoms with van der Waals surface area (Å²) in [6.07, 6.45) is 8.14. The topological polar surface area (TPSA) is 17.1 Å². The molecule has 0 spiro atoms. The second-order valence-corrected chi connectivity index (χ2v) is 5.21. The molecule has 1 fully saturated rings.